The summed E-state index contributed by atoms with van der Waals surface area (Å²) in [5.41, 5.74) is 4.02. The standard InChI is InChI=1S/C19H22O3/c1-13(10-15-4-7-17(21)8-5-15)18-12-16(11-14(2)20)6-9-19(18)22-3/h4-9,12,14,20-21H,1,10-11H2,2-3H3. The van der Waals surface area contributed by atoms with E-state index >= 15 is 0 Å². The minimum atomic E-state index is -0.383. The van der Waals surface area contributed by atoms with Crippen molar-refractivity contribution < 1.29 is 14.9 Å². The number of allylic oxidation sites excluding steroid dienone is 1. The zero-order chi connectivity index (χ0) is 16.1. The van der Waals surface area contributed by atoms with Crippen molar-refractivity contribution in [1.82, 2.24) is 0 Å². The van der Waals surface area contributed by atoms with Crippen LogP contribution in [0.15, 0.2) is 49.0 Å². The minimum Gasteiger partial charge on any atom is -0.508 e. The van der Waals surface area contributed by atoms with Crippen LogP contribution in [0.2, 0.25) is 0 Å². The second-order valence-electron chi connectivity index (χ2n) is 5.53. The largest absolute Gasteiger partial charge is 0.508 e. The maximum Gasteiger partial charge on any atom is 0.126 e. The molecule has 2 aromatic rings. The van der Waals surface area contributed by atoms with Crippen molar-refractivity contribution >= 4 is 5.57 Å². The Hall–Kier alpha value is -2.26. The lowest BCUT2D eigenvalue weighted by Gasteiger charge is -2.14. The van der Waals surface area contributed by atoms with E-state index in [0.717, 1.165) is 28.0 Å². The van der Waals surface area contributed by atoms with Gasteiger partial charge in [0.15, 0.2) is 0 Å². The number of phenols is 1. The monoisotopic (exact) mass is 298 g/mol. The van der Waals surface area contributed by atoms with Gasteiger partial charge in [0.25, 0.3) is 0 Å². The zero-order valence-corrected chi connectivity index (χ0v) is 13.0. The highest BCUT2D eigenvalue weighted by Gasteiger charge is 2.10. The molecule has 1 atom stereocenters. The van der Waals surface area contributed by atoms with Gasteiger partial charge in [-0.1, -0.05) is 24.8 Å². The first-order chi connectivity index (χ1) is 10.5. The first-order valence-electron chi connectivity index (χ1n) is 7.30. The SMILES string of the molecule is C=C(Cc1ccc(O)cc1)c1cc(CC(C)O)ccc1OC. The van der Waals surface area contributed by atoms with Gasteiger partial charge in [-0.3, -0.25) is 0 Å². The van der Waals surface area contributed by atoms with Crippen molar-refractivity contribution in [1.29, 1.82) is 0 Å². The van der Waals surface area contributed by atoms with Gasteiger partial charge in [0, 0.05) is 5.56 Å². The highest BCUT2D eigenvalue weighted by Crippen LogP contribution is 2.29. The first-order valence-corrected chi connectivity index (χ1v) is 7.30. The second kappa shape index (κ2) is 7.14. The van der Waals surface area contributed by atoms with Gasteiger partial charge in [-0.05, 0) is 60.7 Å². The van der Waals surface area contributed by atoms with E-state index in [9.17, 15) is 10.2 Å². The number of aliphatic hydroxyl groups excluding tert-OH is 1. The predicted molar refractivity (Wildman–Crippen MR) is 89.2 cm³/mol. The molecule has 1 unspecified atom stereocenters. The molecule has 3 nitrogen and oxygen atoms in total. The normalized spacial score (nSPS) is 12.0. The lowest BCUT2D eigenvalue weighted by atomic mass is 9.96. The van der Waals surface area contributed by atoms with Crippen molar-refractivity contribution in [3.8, 4) is 11.5 Å². The summed E-state index contributed by atoms with van der Waals surface area (Å²) in [6.07, 6.45) is 0.893. The molecule has 0 radical (unpaired) electrons. The molecule has 2 aromatic carbocycles. The number of hydrogen-bond donors (Lipinski definition) is 2. The highest BCUT2D eigenvalue weighted by molar-refractivity contribution is 5.71. The summed E-state index contributed by atoms with van der Waals surface area (Å²) in [7, 11) is 1.64. The molecule has 2 N–H and O–H groups in total. The predicted octanol–water partition coefficient (Wildman–Crippen LogP) is 3.58. The van der Waals surface area contributed by atoms with Gasteiger partial charge >= 0.3 is 0 Å². The van der Waals surface area contributed by atoms with Crippen LogP contribution in [0, 0.1) is 0 Å². The molecule has 0 spiro atoms. The van der Waals surface area contributed by atoms with Gasteiger partial charge in [0.2, 0.25) is 0 Å². The smallest absolute Gasteiger partial charge is 0.126 e. The summed E-state index contributed by atoms with van der Waals surface area (Å²) in [6, 6.07) is 13.0. The Balaban J connectivity index is 2.24. The summed E-state index contributed by atoms with van der Waals surface area (Å²) < 4.78 is 5.42. The Kier molecular flexibility index (Phi) is 5.23. The van der Waals surface area contributed by atoms with Crippen LogP contribution in [-0.2, 0) is 12.8 Å². The summed E-state index contributed by atoms with van der Waals surface area (Å²) in [5.74, 6) is 1.03. The van der Waals surface area contributed by atoms with Crippen molar-refractivity contribution in [2.24, 2.45) is 0 Å². The molecular formula is C19H22O3. The van der Waals surface area contributed by atoms with E-state index in [0.29, 0.717) is 12.8 Å². The van der Waals surface area contributed by atoms with Crippen LogP contribution in [0.3, 0.4) is 0 Å². The van der Waals surface area contributed by atoms with E-state index in [1.807, 2.05) is 30.3 Å². The third-order valence-corrected chi connectivity index (χ3v) is 3.53. The van der Waals surface area contributed by atoms with Gasteiger partial charge in [0.05, 0.1) is 13.2 Å². The molecule has 0 amide bonds. The molecule has 0 aliphatic carbocycles. The first kappa shape index (κ1) is 16.1. The molecule has 0 aliphatic heterocycles. The molecule has 0 saturated heterocycles. The van der Waals surface area contributed by atoms with E-state index < -0.39 is 0 Å². The molecular weight excluding hydrogens is 276 g/mol. The van der Waals surface area contributed by atoms with Crippen molar-refractivity contribution in [3.05, 3.63) is 65.7 Å². The molecule has 116 valence electrons. The molecule has 2 rings (SSSR count). The maximum atomic E-state index is 9.55. The number of methoxy groups -OCH3 is 1. The summed E-state index contributed by atoms with van der Waals surface area (Å²) in [6.45, 7) is 5.94. The summed E-state index contributed by atoms with van der Waals surface area (Å²) >= 11 is 0. The van der Waals surface area contributed by atoms with E-state index in [1.54, 1.807) is 26.2 Å². The maximum absolute atomic E-state index is 9.55. The third-order valence-electron chi connectivity index (χ3n) is 3.53. The van der Waals surface area contributed by atoms with Gasteiger partial charge in [-0.15, -0.1) is 0 Å². The van der Waals surface area contributed by atoms with Gasteiger partial charge in [-0.25, -0.2) is 0 Å². The number of hydrogen-bond acceptors (Lipinski definition) is 3. The number of rotatable bonds is 6. The van der Waals surface area contributed by atoms with E-state index in [2.05, 4.69) is 6.58 Å². The Bertz CT molecular complexity index is 642. The van der Waals surface area contributed by atoms with E-state index in [1.165, 1.54) is 0 Å². The topological polar surface area (TPSA) is 49.7 Å². The Morgan fingerprint density at radius 1 is 1.14 bits per heavy atom. The number of aromatic hydroxyl groups is 1. The van der Waals surface area contributed by atoms with Crippen molar-refractivity contribution in [2.75, 3.05) is 7.11 Å². The van der Waals surface area contributed by atoms with Crippen LogP contribution in [0.4, 0.5) is 0 Å². The summed E-state index contributed by atoms with van der Waals surface area (Å²) in [5, 5.41) is 18.9. The van der Waals surface area contributed by atoms with Gasteiger partial charge < -0.3 is 14.9 Å². The average Bonchev–Trinajstić information content (AvgIpc) is 2.49. The molecule has 0 saturated carbocycles. The van der Waals surface area contributed by atoms with Crippen LogP contribution < -0.4 is 4.74 Å². The summed E-state index contributed by atoms with van der Waals surface area (Å²) in [4.78, 5) is 0. The van der Waals surface area contributed by atoms with Crippen LogP contribution in [0.25, 0.3) is 5.57 Å². The second-order valence-corrected chi connectivity index (χ2v) is 5.53. The molecule has 0 heterocycles. The fourth-order valence-corrected chi connectivity index (χ4v) is 2.45. The number of benzene rings is 2. The fourth-order valence-electron chi connectivity index (χ4n) is 2.45. The van der Waals surface area contributed by atoms with Crippen molar-refractivity contribution in [2.45, 2.75) is 25.9 Å². The van der Waals surface area contributed by atoms with Crippen molar-refractivity contribution in [3.63, 3.8) is 0 Å². The Morgan fingerprint density at radius 2 is 1.77 bits per heavy atom. The fraction of sp³-hybridized carbons (Fsp3) is 0.263. The lowest BCUT2D eigenvalue weighted by molar-refractivity contribution is 0.195. The van der Waals surface area contributed by atoms with Crippen LogP contribution >= 0.6 is 0 Å². The molecule has 0 bridgehead atoms. The van der Waals surface area contributed by atoms with Crippen LogP contribution in [-0.4, -0.2) is 23.4 Å². The van der Waals surface area contributed by atoms with Crippen LogP contribution in [0.1, 0.15) is 23.6 Å². The molecule has 22 heavy (non-hydrogen) atoms. The van der Waals surface area contributed by atoms with E-state index in [4.69, 9.17) is 4.74 Å². The average molecular weight is 298 g/mol. The molecule has 0 fully saturated rings. The molecule has 0 aliphatic rings. The quantitative estimate of drug-likeness (QED) is 0.857. The highest BCUT2D eigenvalue weighted by atomic mass is 16.5. The molecule has 0 aromatic heterocycles. The van der Waals surface area contributed by atoms with E-state index in [-0.39, 0.29) is 11.9 Å². The number of ether oxygens (including phenoxy) is 1. The minimum absolute atomic E-state index is 0.255. The Morgan fingerprint density at radius 3 is 2.36 bits per heavy atom. The van der Waals surface area contributed by atoms with Gasteiger partial charge in [0.1, 0.15) is 11.5 Å². The lowest BCUT2D eigenvalue weighted by Crippen LogP contribution is -2.05. The number of phenolic OH excluding ortho intramolecular Hbond substituents is 1. The number of aliphatic hydroxyl groups is 1. The Labute approximate surface area is 131 Å². The molecule has 3 heteroatoms. The van der Waals surface area contributed by atoms with Crippen LogP contribution in [0.5, 0.6) is 11.5 Å². The zero-order valence-electron chi connectivity index (χ0n) is 13.0. The van der Waals surface area contributed by atoms with Gasteiger partial charge in [-0.2, -0.15) is 0 Å². The third kappa shape index (κ3) is 4.12.